The summed E-state index contributed by atoms with van der Waals surface area (Å²) >= 11 is 0. The first-order valence-corrected chi connectivity index (χ1v) is 11.2. The van der Waals surface area contributed by atoms with Crippen LogP contribution in [-0.4, -0.2) is 53.2 Å². The Morgan fingerprint density at radius 3 is 2.66 bits per heavy atom. The van der Waals surface area contributed by atoms with Crippen LogP contribution in [0.25, 0.3) is 0 Å². The number of imide groups is 1. The first-order chi connectivity index (χ1) is 15.5. The average Bonchev–Trinajstić information content (AvgIpc) is 3.03. The van der Waals surface area contributed by atoms with Crippen LogP contribution in [0.5, 0.6) is 0 Å². The highest BCUT2D eigenvalue weighted by Crippen LogP contribution is 2.26. The fraction of sp³-hybridized carbons (Fsp3) is 0.400. The van der Waals surface area contributed by atoms with Crippen molar-refractivity contribution < 1.29 is 18.8 Å². The summed E-state index contributed by atoms with van der Waals surface area (Å²) in [7, 11) is 0. The topological polar surface area (TPSA) is 69.7 Å². The molecule has 0 radical (unpaired) electrons. The van der Waals surface area contributed by atoms with Crippen LogP contribution in [0.4, 0.5) is 4.39 Å². The van der Waals surface area contributed by atoms with Crippen molar-refractivity contribution in [1.29, 1.82) is 0 Å². The molecule has 2 heterocycles. The van der Waals surface area contributed by atoms with Crippen LogP contribution in [0.2, 0.25) is 0 Å². The molecule has 2 aromatic carbocycles. The maximum Gasteiger partial charge on any atom is 0.261 e. The van der Waals surface area contributed by atoms with Crippen LogP contribution in [0.3, 0.4) is 0 Å². The number of hydrogen-bond acceptors (Lipinski definition) is 4. The van der Waals surface area contributed by atoms with E-state index in [1.807, 2.05) is 0 Å². The third-order valence-corrected chi connectivity index (χ3v) is 6.37. The summed E-state index contributed by atoms with van der Waals surface area (Å²) in [5.74, 6) is -1.73. The Balaban J connectivity index is 1.36. The molecule has 2 aromatic rings. The molecule has 4 rings (SSSR count). The molecule has 2 aliphatic heterocycles. The van der Waals surface area contributed by atoms with E-state index in [-0.39, 0.29) is 29.1 Å². The van der Waals surface area contributed by atoms with E-state index in [9.17, 15) is 18.8 Å². The van der Waals surface area contributed by atoms with Gasteiger partial charge in [0.15, 0.2) is 0 Å². The van der Waals surface area contributed by atoms with Gasteiger partial charge in [-0.05, 0) is 57.0 Å². The summed E-state index contributed by atoms with van der Waals surface area (Å²) in [5.41, 5.74) is 1.02. The molecular formula is C25H28FN3O3. The maximum absolute atomic E-state index is 14.0. The lowest BCUT2D eigenvalue weighted by molar-refractivity contribution is 0.0641. The molecule has 0 bridgehead atoms. The number of rotatable bonds is 7. The summed E-state index contributed by atoms with van der Waals surface area (Å²) in [5, 5.41) is 2.90. The van der Waals surface area contributed by atoms with E-state index in [1.165, 1.54) is 37.5 Å². The molecule has 168 valence electrons. The van der Waals surface area contributed by atoms with Gasteiger partial charge in [0.1, 0.15) is 5.82 Å². The lowest BCUT2D eigenvalue weighted by Crippen LogP contribution is -2.39. The van der Waals surface area contributed by atoms with Gasteiger partial charge in [0.2, 0.25) is 0 Å². The van der Waals surface area contributed by atoms with E-state index in [1.54, 1.807) is 24.3 Å². The number of fused-ring (bicyclic) bond motifs is 1. The van der Waals surface area contributed by atoms with Crippen molar-refractivity contribution in [1.82, 2.24) is 15.1 Å². The number of likely N-dealkylation sites (tertiary alicyclic amines) is 1. The number of amides is 3. The molecule has 0 saturated carbocycles. The minimum atomic E-state index is -0.512. The van der Waals surface area contributed by atoms with E-state index < -0.39 is 17.6 Å². The number of hydrogen-bond donors (Lipinski definition) is 1. The van der Waals surface area contributed by atoms with Gasteiger partial charge in [-0.2, -0.15) is 0 Å². The molecule has 3 amide bonds. The Morgan fingerprint density at radius 1 is 1.09 bits per heavy atom. The molecular weight excluding hydrogens is 409 g/mol. The van der Waals surface area contributed by atoms with Crippen molar-refractivity contribution in [3.05, 3.63) is 70.5 Å². The first kappa shape index (κ1) is 22.1. The number of nitrogens with zero attached hydrogens (tertiary/aromatic N) is 2. The molecule has 0 spiro atoms. The smallest absolute Gasteiger partial charge is 0.261 e. The predicted molar refractivity (Wildman–Crippen MR) is 119 cm³/mol. The van der Waals surface area contributed by atoms with Crippen LogP contribution in [0.1, 0.15) is 69.2 Å². The number of benzene rings is 2. The standard InChI is InChI=1S/C25H28FN3O3/c1-17-7-4-5-13-28(17)14-6-12-27-23(30)18-10-11-20-21(15-18)25(32)29(24(20)31)16-19-8-2-3-9-22(19)26/h2-3,8-11,15,17H,4-7,12-14,16H2,1H3,(H,27,30). The van der Waals surface area contributed by atoms with Gasteiger partial charge in [0.05, 0.1) is 17.7 Å². The van der Waals surface area contributed by atoms with E-state index in [0.29, 0.717) is 18.2 Å². The van der Waals surface area contributed by atoms with Crippen molar-refractivity contribution >= 4 is 17.7 Å². The van der Waals surface area contributed by atoms with Crippen molar-refractivity contribution in [2.45, 2.75) is 45.2 Å². The van der Waals surface area contributed by atoms with Crippen LogP contribution in [0, 0.1) is 5.82 Å². The van der Waals surface area contributed by atoms with Crippen molar-refractivity contribution in [3.8, 4) is 0 Å². The quantitative estimate of drug-likeness (QED) is 0.531. The molecule has 0 aromatic heterocycles. The Labute approximate surface area is 187 Å². The van der Waals surface area contributed by atoms with Gasteiger partial charge in [-0.1, -0.05) is 24.6 Å². The number of piperidine rings is 1. The first-order valence-electron chi connectivity index (χ1n) is 11.2. The molecule has 0 aliphatic carbocycles. The summed E-state index contributed by atoms with van der Waals surface area (Å²) in [4.78, 5) is 41.5. The minimum absolute atomic E-state index is 0.143. The molecule has 2 aliphatic rings. The van der Waals surface area contributed by atoms with Crippen LogP contribution >= 0.6 is 0 Å². The van der Waals surface area contributed by atoms with Gasteiger partial charge in [-0.15, -0.1) is 0 Å². The normalized spacial score (nSPS) is 18.7. The fourth-order valence-corrected chi connectivity index (χ4v) is 4.45. The van der Waals surface area contributed by atoms with Gasteiger partial charge >= 0.3 is 0 Å². The third kappa shape index (κ3) is 4.58. The second kappa shape index (κ2) is 9.61. The average molecular weight is 438 g/mol. The molecule has 6 nitrogen and oxygen atoms in total. The summed E-state index contributed by atoms with van der Waals surface area (Å²) in [6.45, 7) is 4.71. The molecule has 1 saturated heterocycles. The largest absolute Gasteiger partial charge is 0.352 e. The Morgan fingerprint density at radius 2 is 1.88 bits per heavy atom. The zero-order valence-corrected chi connectivity index (χ0v) is 18.3. The molecule has 1 unspecified atom stereocenters. The van der Waals surface area contributed by atoms with Gasteiger partial charge in [0.25, 0.3) is 17.7 Å². The summed E-state index contributed by atoms with van der Waals surface area (Å²) in [6, 6.07) is 11.2. The lowest BCUT2D eigenvalue weighted by atomic mass is 10.0. The Bertz CT molecular complexity index is 1040. The van der Waals surface area contributed by atoms with E-state index in [4.69, 9.17) is 0 Å². The van der Waals surface area contributed by atoms with Crippen molar-refractivity contribution in [3.63, 3.8) is 0 Å². The van der Waals surface area contributed by atoms with Crippen LogP contribution in [-0.2, 0) is 6.54 Å². The van der Waals surface area contributed by atoms with Crippen LogP contribution < -0.4 is 5.32 Å². The SMILES string of the molecule is CC1CCCCN1CCCNC(=O)c1ccc2c(c1)C(=O)N(Cc1ccccc1F)C2=O. The maximum atomic E-state index is 14.0. The van der Waals surface area contributed by atoms with Gasteiger partial charge in [-0.25, -0.2) is 4.39 Å². The second-order valence-corrected chi connectivity index (χ2v) is 8.54. The van der Waals surface area contributed by atoms with Crippen molar-refractivity contribution in [2.75, 3.05) is 19.6 Å². The van der Waals surface area contributed by atoms with E-state index in [0.717, 1.165) is 24.4 Å². The number of halogens is 1. The summed E-state index contributed by atoms with van der Waals surface area (Å²) < 4.78 is 14.0. The fourth-order valence-electron chi connectivity index (χ4n) is 4.45. The van der Waals surface area contributed by atoms with Gasteiger partial charge in [0, 0.05) is 30.3 Å². The van der Waals surface area contributed by atoms with Crippen molar-refractivity contribution in [2.24, 2.45) is 0 Å². The van der Waals surface area contributed by atoms with E-state index in [2.05, 4.69) is 17.1 Å². The Kier molecular flexibility index (Phi) is 6.65. The Hall–Kier alpha value is -3.06. The monoisotopic (exact) mass is 437 g/mol. The zero-order chi connectivity index (χ0) is 22.7. The zero-order valence-electron chi connectivity index (χ0n) is 18.3. The van der Waals surface area contributed by atoms with Crippen LogP contribution in [0.15, 0.2) is 42.5 Å². The minimum Gasteiger partial charge on any atom is -0.352 e. The highest BCUT2D eigenvalue weighted by Gasteiger charge is 2.36. The predicted octanol–water partition coefficient (Wildman–Crippen LogP) is 3.62. The molecule has 7 heteroatoms. The highest BCUT2D eigenvalue weighted by molar-refractivity contribution is 6.22. The number of carbonyl (C=O) groups is 3. The van der Waals surface area contributed by atoms with Gasteiger partial charge < -0.3 is 10.2 Å². The van der Waals surface area contributed by atoms with E-state index >= 15 is 0 Å². The molecule has 32 heavy (non-hydrogen) atoms. The number of nitrogens with one attached hydrogen (secondary N) is 1. The molecule has 1 atom stereocenters. The third-order valence-electron chi connectivity index (χ3n) is 6.37. The summed E-state index contributed by atoms with van der Waals surface area (Å²) in [6.07, 6.45) is 4.59. The van der Waals surface area contributed by atoms with Gasteiger partial charge in [-0.3, -0.25) is 19.3 Å². The lowest BCUT2D eigenvalue weighted by Gasteiger charge is -2.33. The number of carbonyl (C=O) groups excluding carboxylic acids is 3. The molecule has 1 fully saturated rings. The molecule has 1 N–H and O–H groups in total. The second-order valence-electron chi connectivity index (χ2n) is 8.54. The highest BCUT2D eigenvalue weighted by atomic mass is 19.1.